The molecule has 4 nitrogen and oxygen atoms in total. The van der Waals surface area contributed by atoms with Crippen LogP contribution < -0.4 is 4.74 Å². The van der Waals surface area contributed by atoms with Crippen LogP contribution in [0.3, 0.4) is 0 Å². The first kappa shape index (κ1) is 28.0. The Morgan fingerprint density at radius 3 is 2.50 bits per heavy atom. The zero-order valence-electron chi connectivity index (χ0n) is 23.5. The molecule has 0 aromatic heterocycles. The van der Waals surface area contributed by atoms with E-state index in [1.54, 1.807) is 17.3 Å². The fraction of sp³-hybridized carbons (Fsp3) is 0.774. The van der Waals surface area contributed by atoms with E-state index in [1.807, 2.05) is 0 Å². The Hall–Kier alpha value is -1.04. The summed E-state index contributed by atoms with van der Waals surface area (Å²) in [6.45, 7) is 17.1. The standard InChI is InChI=1S/C31H48O4S/c1-7-13-33-14-15-34-16-17-36-21-27(32)35-24-18-22(2)28-23(19-24)20-26-30(5)11-8-10-29(3,4)25(30)9-12-31(26,28)6/h18-19,25-26H,7-17,20-21H2,1-6H3/t25-,26+,30-,31+/m0/s1. The first-order valence-electron chi connectivity index (χ1n) is 14.2. The Morgan fingerprint density at radius 2 is 1.75 bits per heavy atom. The predicted octanol–water partition coefficient (Wildman–Crippen LogP) is 7.13. The summed E-state index contributed by atoms with van der Waals surface area (Å²) in [5.41, 5.74) is 5.32. The van der Waals surface area contributed by atoms with Gasteiger partial charge in [-0.2, -0.15) is 0 Å². The third-order valence-electron chi connectivity index (χ3n) is 9.72. The lowest BCUT2D eigenvalue weighted by Gasteiger charge is -2.61. The fourth-order valence-corrected chi connectivity index (χ4v) is 8.99. The highest BCUT2D eigenvalue weighted by molar-refractivity contribution is 7.99. The monoisotopic (exact) mass is 516 g/mol. The highest BCUT2D eigenvalue weighted by atomic mass is 32.2. The summed E-state index contributed by atoms with van der Waals surface area (Å²) in [5, 5.41) is 0. The molecule has 3 aliphatic rings. The van der Waals surface area contributed by atoms with Crippen LogP contribution in [0.5, 0.6) is 5.75 Å². The fourth-order valence-electron chi connectivity index (χ4n) is 8.39. The van der Waals surface area contributed by atoms with Gasteiger partial charge in [-0.3, -0.25) is 4.79 Å². The van der Waals surface area contributed by atoms with Gasteiger partial charge in [0.15, 0.2) is 0 Å². The first-order chi connectivity index (χ1) is 17.1. The molecule has 0 aliphatic heterocycles. The molecule has 1 aromatic carbocycles. The molecule has 0 heterocycles. The molecular weight excluding hydrogens is 468 g/mol. The van der Waals surface area contributed by atoms with Crippen LogP contribution in [0.25, 0.3) is 0 Å². The van der Waals surface area contributed by atoms with E-state index < -0.39 is 0 Å². The average molecular weight is 517 g/mol. The summed E-state index contributed by atoms with van der Waals surface area (Å²) in [6.07, 6.45) is 8.81. The van der Waals surface area contributed by atoms with Crippen LogP contribution in [0, 0.1) is 29.6 Å². The van der Waals surface area contributed by atoms with E-state index in [2.05, 4.69) is 53.7 Å². The SMILES string of the molecule is CCCOCCOCCSCC(=O)Oc1cc(C)c2c(c1)C[C@@H]1[C@@]3(C)CCCC(C)(C)[C@@H]3CC[C@@]21C. The lowest BCUT2D eigenvalue weighted by Crippen LogP contribution is -2.55. The molecule has 2 saturated carbocycles. The number of hydrogen-bond donors (Lipinski definition) is 0. The molecular formula is C31H48O4S. The quantitative estimate of drug-likeness (QED) is 0.178. The average Bonchev–Trinajstić information content (AvgIpc) is 3.11. The van der Waals surface area contributed by atoms with Crippen molar-refractivity contribution in [3.63, 3.8) is 0 Å². The molecule has 5 heteroatoms. The minimum atomic E-state index is -0.173. The molecule has 0 radical (unpaired) electrons. The number of aryl methyl sites for hydroxylation is 1. The van der Waals surface area contributed by atoms with E-state index >= 15 is 0 Å². The number of hydrogen-bond acceptors (Lipinski definition) is 5. The van der Waals surface area contributed by atoms with Gasteiger partial charge in [0.2, 0.25) is 0 Å². The van der Waals surface area contributed by atoms with Crippen molar-refractivity contribution in [3.8, 4) is 5.75 Å². The van der Waals surface area contributed by atoms with Crippen molar-refractivity contribution >= 4 is 17.7 Å². The van der Waals surface area contributed by atoms with Gasteiger partial charge in [-0.25, -0.2) is 0 Å². The van der Waals surface area contributed by atoms with Crippen LogP contribution in [0.15, 0.2) is 12.1 Å². The molecule has 2 fully saturated rings. The van der Waals surface area contributed by atoms with Gasteiger partial charge in [0.05, 0.1) is 25.6 Å². The summed E-state index contributed by atoms with van der Waals surface area (Å²) < 4.78 is 16.8. The molecule has 0 saturated heterocycles. The lowest BCUT2D eigenvalue weighted by atomic mass is 9.43. The molecule has 36 heavy (non-hydrogen) atoms. The highest BCUT2D eigenvalue weighted by Gasteiger charge is 2.61. The van der Waals surface area contributed by atoms with Gasteiger partial charge < -0.3 is 14.2 Å². The van der Waals surface area contributed by atoms with Gasteiger partial charge in [0.25, 0.3) is 0 Å². The first-order valence-corrected chi connectivity index (χ1v) is 15.3. The maximum atomic E-state index is 12.6. The van der Waals surface area contributed by atoms with E-state index in [1.165, 1.54) is 43.2 Å². The Labute approximate surface area is 223 Å². The number of carbonyl (C=O) groups is 1. The van der Waals surface area contributed by atoms with Crippen LogP contribution in [0.2, 0.25) is 0 Å². The Balaban J connectivity index is 1.35. The molecule has 202 valence electrons. The number of fused-ring (bicyclic) bond motifs is 5. The van der Waals surface area contributed by atoms with Crippen LogP contribution in [-0.2, 0) is 26.1 Å². The summed E-state index contributed by atoms with van der Waals surface area (Å²) in [7, 11) is 0. The summed E-state index contributed by atoms with van der Waals surface area (Å²) in [4.78, 5) is 12.6. The molecule has 4 rings (SSSR count). The van der Waals surface area contributed by atoms with E-state index in [0.29, 0.717) is 48.1 Å². The van der Waals surface area contributed by atoms with Crippen molar-refractivity contribution in [2.75, 3.05) is 37.9 Å². The van der Waals surface area contributed by atoms with Gasteiger partial charge in [0, 0.05) is 12.4 Å². The maximum absolute atomic E-state index is 12.6. The van der Waals surface area contributed by atoms with Crippen molar-refractivity contribution in [1.82, 2.24) is 0 Å². The van der Waals surface area contributed by atoms with E-state index in [4.69, 9.17) is 14.2 Å². The second-order valence-electron chi connectivity index (χ2n) is 12.6. The van der Waals surface area contributed by atoms with Crippen molar-refractivity contribution in [1.29, 1.82) is 0 Å². The molecule has 3 aliphatic carbocycles. The Morgan fingerprint density at radius 1 is 1.00 bits per heavy atom. The van der Waals surface area contributed by atoms with Gasteiger partial charge in [-0.15, -0.1) is 11.8 Å². The zero-order chi connectivity index (χ0) is 26.0. The van der Waals surface area contributed by atoms with Crippen LogP contribution in [0.4, 0.5) is 0 Å². The second kappa shape index (κ2) is 11.4. The molecule has 0 unspecified atom stereocenters. The number of benzene rings is 1. The number of thioether (sulfide) groups is 1. The third-order valence-corrected chi connectivity index (χ3v) is 10.6. The van der Waals surface area contributed by atoms with Gasteiger partial charge >= 0.3 is 5.97 Å². The van der Waals surface area contributed by atoms with Crippen molar-refractivity contribution in [2.45, 2.75) is 91.9 Å². The van der Waals surface area contributed by atoms with Crippen molar-refractivity contribution < 1.29 is 19.0 Å². The summed E-state index contributed by atoms with van der Waals surface area (Å²) >= 11 is 1.57. The van der Waals surface area contributed by atoms with Gasteiger partial charge in [0.1, 0.15) is 5.75 Å². The molecule has 0 amide bonds. The maximum Gasteiger partial charge on any atom is 0.321 e. The van der Waals surface area contributed by atoms with Crippen LogP contribution in [0.1, 0.15) is 89.8 Å². The number of carbonyl (C=O) groups excluding carboxylic acids is 1. The Kier molecular flexibility index (Phi) is 8.84. The van der Waals surface area contributed by atoms with Crippen molar-refractivity contribution in [3.05, 3.63) is 28.8 Å². The smallest absolute Gasteiger partial charge is 0.321 e. The predicted molar refractivity (Wildman–Crippen MR) is 149 cm³/mol. The lowest BCUT2D eigenvalue weighted by molar-refractivity contribution is -0.131. The second-order valence-corrected chi connectivity index (χ2v) is 13.7. The molecule has 0 spiro atoms. The van der Waals surface area contributed by atoms with E-state index in [0.717, 1.165) is 31.1 Å². The largest absolute Gasteiger partial charge is 0.426 e. The molecule has 0 bridgehead atoms. The van der Waals surface area contributed by atoms with Crippen LogP contribution >= 0.6 is 11.8 Å². The highest BCUT2D eigenvalue weighted by Crippen LogP contribution is 2.67. The molecule has 0 N–H and O–H groups in total. The molecule has 1 aromatic rings. The zero-order valence-corrected chi connectivity index (χ0v) is 24.4. The van der Waals surface area contributed by atoms with Gasteiger partial charge in [-0.1, -0.05) is 41.0 Å². The van der Waals surface area contributed by atoms with Crippen molar-refractivity contribution in [2.24, 2.45) is 22.7 Å². The van der Waals surface area contributed by atoms with E-state index in [-0.39, 0.29) is 11.4 Å². The minimum absolute atomic E-state index is 0.173. The van der Waals surface area contributed by atoms with Gasteiger partial charge in [-0.05, 0) is 102 Å². The minimum Gasteiger partial charge on any atom is -0.426 e. The Bertz CT molecular complexity index is 927. The van der Waals surface area contributed by atoms with Crippen LogP contribution in [-0.4, -0.2) is 43.9 Å². The third kappa shape index (κ3) is 5.54. The van der Waals surface area contributed by atoms with E-state index in [9.17, 15) is 4.79 Å². The number of rotatable bonds is 11. The topological polar surface area (TPSA) is 44.8 Å². The summed E-state index contributed by atoms with van der Waals surface area (Å²) in [5.74, 6) is 3.14. The number of esters is 1. The normalized spacial score (nSPS) is 30.4. The molecule has 4 atom stereocenters. The number of ether oxygens (including phenoxy) is 3. The summed E-state index contributed by atoms with van der Waals surface area (Å²) in [6, 6.07) is 4.29.